The summed E-state index contributed by atoms with van der Waals surface area (Å²) in [6.45, 7) is 0. The third-order valence-electron chi connectivity index (χ3n) is 4.29. The summed E-state index contributed by atoms with van der Waals surface area (Å²) < 4.78 is 2.07. The second kappa shape index (κ2) is 4.81. The number of rotatable bonds is 1. The topological polar surface area (TPSA) is 38.0 Å². The molecule has 3 heteroatoms. The fraction of sp³-hybridized carbons (Fsp3) is 0.786. The van der Waals surface area contributed by atoms with Crippen molar-refractivity contribution < 1.29 is 5.11 Å². The van der Waals surface area contributed by atoms with Crippen molar-refractivity contribution in [3.63, 3.8) is 0 Å². The summed E-state index contributed by atoms with van der Waals surface area (Å²) in [5.41, 5.74) is 2.72. The van der Waals surface area contributed by atoms with Gasteiger partial charge in [0.15, 0.2) is 0 Å². The van der Waals surface area contributed by atoms with Crippen molar-refractivity contribution in [2.45, 2.75) is 69.9 Å². The summed E-state index contributed by atoms with van der Waals surface area (Å²) in [5, 5.41) is 14.8. The van der Waals surface area contributed by atoms with Crippen LogP contribution in [0.25, 0.3) is 0 Å². The molecule has 0 aliphatic heterocycles. The highest BCUT2D eigenvalue weighted by Gasteiger charge is 2.26. The molecule has 94 valence electrons. The zero-order chi connectivity index (χ0) is 11.7. The second-order valence-corrected chi connectivity index (χ2v) is 5.56. The van der Waals surface area contributed by atoms with E-state index in [-0.39, 0.29) is 12.1 Å². The van der Waals surface area contributed by atoms with E-state index in [1.807, 2.05) is 0 Å². The molecule has 0 unspecified atom stereocenters. The maximum absolute atomic E-state index is 10.1. The SMILES string of the molecule is O[C@@H]1CCCC[C@H]1n1cc2c(n1)CCCCC2. The van der Waals surface area contributed by atoms with Crippen LogP contribution in [0, 0.1) is 0 Å². The maximum atomic E-state index is 10.1. The number of aromatic nitrogens is 2. The van der Waals surface area contributed by atoms with E-state index in [0.29, 0.717) is 0 Å². The molecule has 2 aliphatic carbocycles. The Morgan fingerprint density at radius 2 is 1.88 bits per heavy atom. The third-order valence-corrected chi connectivity index (χ3v) is 4.29. The Labute approximate surface area is 103 Å². The van der Waals surface area contributed by atoms with Crippen LogP contribution in [0.2, 0.25) is 0 Å². The van der Waals surface area contributed by atoms with Gasteiger partial charge < -0.3 is 5.11 Å². The minimum Gasteiger partial charge on any atom is -0.391 e. The lowest BCUT2D eigenvalue weighted by Gasteiger charge is -2.27. The first-order valence-corrected chi connectivity index (χ1v) is 7.09. The Kier molecular flexibility index (Phi) is 3.19. The van der Waals surface area contributed by atoms with E-state index in [1.54, 1.807) is 0 Å². The highest BCUT2D eigenvalue weighted by atomic mass is 16.3. The van der Waals surface area contributed by atoms with Gasteiger partial charge in [0.1, 0.15) is 0 Å². The molecule has 0 bridgehead atoms. The second-order valence-electron chi connectivity index (χ2n) is 5.56. The molecular formula is C14H22N2O. The fourth-order valence-corrected chi connectivity index (χ4v) is 3.24. The van der Waals surface area contributed by atoms with E-state index in [0.717, 1.165) is 19.3 Å². The van der Waals surface area contributed by atoms with Gasteiger partial charge in [-0.05, 0) is 44.1 Å². The molecule has 0 amide bonds. The largest absolute Gasteiger partial charge is 0.391 e. The molecule has 2 atom stereocenters. The summed E-state index contributed by atoms with van der Waals surface area (Å²) >= 11 is 0. The summed E-state index contributed by atoms with van der Waals surface area (Å²) in [5.74, 6) is 0. The molecule has 1 saturated carbocycles. The van der Waals surface area contributed by atoms with Crippen LogP contribution < -0.4 is 0 Å². The van der Waals surface area contributed by atoms with Gasteiger partial charge >= 0.3 is 0 Å². The molecule has 0 aromatic carbocycles. The predicted octanol–water partition coefficient (Wildman–Crippen LogP) is 2.63. The monoisotopic (exact) mass is 234 g/mol. The van der Waals surface area contributed by atoms with Crippen LogP contribution in [-0.2, 0) is 12.8 Å². The van der Waals surface area contributed by atoms with E-state index in [9.17, 15) is 5.11 Å². The van der Waals surface area contributed by atoms with Gasteiger partial charge in [-0.2, -0.15) is 5.10 Å². The quantitative estimate of drug-likeness (QED) is 0.759. The number of fused-ring (bicyclic) bond motifs is 1. The van der Waals surface area contributed by atoms with E-state index in [4.69, 9.17) is 5.10 Å². The summed E-state index contributed by atoms with van der Waals surface area (Å²) in [4.78, 5) is 0. The average Bonchev–Trinajstić information content (AvgIpc) is 2.61. The molecule has 1 N–H and O–H groups in total. The van der Waals surface area contributed by atoms with Crippen molar-refractivity contribution in [2.24, 2.45) is 0 Å². The van der Waals surface area contributed by atoms with Crippen molar-refractivity contribution in [3.05, 3.63) is 17.5 Å². The Balaban J connectivity index is 1.83. The van der Waals surface area contributed by atoms with Crippen LogP contribution in [0.5, 0.6) is 0 Å². The van der Waals surface area contributed by atoms with Crippen molar-refractivity contribution >= 4 is 0 Å². The zero-order valence-electron chi connectivity index (χ0n) is 10.4. The summed E-state index contributed by atoms with van der Waals surface area (Å²) in [6.07, 6.45) is 12.7. The number of hydrogen-bond donors (Lipinski definition) is 1. The number of aliphatic hydroxyl groups excluding tert-OH is 1. The summed E-state index contributed by atoms with van der Waals surface area (Å²) in [6, 6.07) is 0.232. The molecule has 0 spiro atoms. The van der Waals surface area contributed by atoms with Crippen LogP contribution in [0.1, 0.15) is 62.2 Å². The van der Waals surface area contributed by atoms with Gasteiger partial charge in [0.25, 0.3) is 0 Å². The summed E-state index contributed by atoms with van der Waals surface area (Å²) in [7, 11) is 0. The molecular weight excluding hydrogens is 212 g/mol. The molecule has 0 radical (unpaired) electrons. The smallest absolute Gasteiger partial charge is 0.0778 e. The standard InChI is InChI=1S/C14H22N2O/c17-14-9-5-4-8-13(14)16-10-11-6-2-1-3-7-12(11)15-16/h10,13-14,17H,1-9H2/t13-,14-/m1/s1. The first kappa shape index (κ1) is 11.3. The van der Waals surface area contributed by atoms with Gasteiger partial charge in [-0.25, -0.2) is 0 Å². The van der Waals surface area contributed by atoms with Gasteiger partial charge in [0.2, 0.25) is 0 Å². The highest BCUT2D eigenvalue weighted by Crippen LogP contribution is 2.30. The van der Waals surface area contributed by atoms with E-state index < -0.39 is 0 Å². The molecule has 3 nitrogen and oxygen atoms in total. The van der Waals surface area contributed by atoms with Crippen molar-refractivity contribution in [3.8, 4) is 0 Å². The maximum Gasteiger partial charge on any atom is 0.0778 e. The number of nitrogens with zero attached hydrogens (tertiary/aromatic N) is 2. The molecule has 1 heterocycles. The molecule has 17 heavy (non-hydrogen) atoms. The normalized spacial score (nSPS) is 29.7. The zero-order valence-corrected chi connectivity index (χ0v) is 10.4. The number of hydrogen-bond acceptors (Lipinski definition) is 2. The molecule has 2 aliphatic rings. The van der Waals surface area contributed by atoms with Gasteiger partial charge in [0.05, 0.1) is 17.8 Å². The third kappa shape index (κ3) is 2.25. The molecule has 1 aromatic rings. The molecule has 1 fully saturated rings. The Hall–Kier alpha value is -0.830. The lowest BCUT2D eigenvalue weighted by atomic mass is 9.93. The van der Waals surface area contributed by atoms with Crippen LogP contribution in [-0.4, -0.2) is 21.0 Å². The van der Waals surface area contributed by atoms with Crippen molar-refractivity contribution in [1.82, 2.24) is 9.78 Å². The Morgan fingerprint density at radius 3 is 2.76 bits per heavy atom. The molecule has 3 rings (SSSR count). The number of aliphatic hydroxyl groups is 1. The fourth-order valence-electron chi connectivity index (χ4n) is 3.24. The Morgan fingerprint density at radius 1 is 1.06 bits per heavy atom. The average molecular weight is 234 g/mol. The van der Waals surface area contributed by atoms with E-state index in [1.165, 1.54) is 49.8 Å². The van der Waals surface area contributed by atoms with Crippen LogP contribution in [0.4, 0.5) is 0 Å². The van der Waals surface area contributed by atoms with Gasteiger partial charge in [-0.3, -0.25) is 4.68 Å². The molecule has 1 aromatic heterocycles. The van der Waals surface area contributed by atoms with Crippen molar-refractivity contribution in [1.29, 1.82) is 0 Å². The lowest BCUT2D eigenvalue weighted by molar-refractivity contribution is 0.0692. The minimum absolute atomic E-state index is 0.188. The first-order chi connectivity index (χ1) is 8.34. The Bertz CT molecular complexity index is 362. The van der Waals surface area contributed by atoms with E-state index in [2.05, 4.69) is 10.9 Å². The highest BCUT2D eigenvalue weighted by molar-refractivity contribution is 5.19. The van der Waals surface area contributed by atoms with Gasteiger partial charge in [-0.15, -0.1) is 0 Å². The van der Waals surface area contributed by atoms with Crippen LogP contribution in [0.15, 0.2) is 6.20 Å². The van der Waals surface area contributed by atoms with Gasteiger partial charge in [0, 0.05) is 6.20 Å². The van der Waals surface area contributed by atoms with Crippen molar-refractivity contribution in [2.75, 3.05) is 0 Å². The van der Waals surface area contributed by atoms with Gasteiger partial charge in [-0.1, -0.05) is 19.3 Å². The van der Waals surface area contributed by atoms with E-state index >= 15 is 0 Å². The minimum atomic E-state index is -0.188. The first-order valence-electron chi connectivity index (χ1n) is 7.09. The molecule has 0 saturated heterocycles. The lowest BCUT2D eigenvalue weighted by Crippen LogP contribution is -2.28. The van der Waals surface area contributed by atoms with Crippen LogP contribution in [0.3, 0.4) is 0 Å². The predicted molar refractivity (Wildman–Crippen MR) is 67.0 cm³/mol. The van der Waals surface area contributed by atoms with Crippen LogP contribution >= 0.6 is 0 Å². The number of aryl methyl sites for hydroxylation is 2.